The molecule has 0 saturated carbocycles. The second-order valence-corrected chi connectivity index (χ2v) is 5.78. The SMILES string of the molecule is CC(=O)Nc1ccc(NC(=O)[C@@H](C)Oc2ccc(-c3nnco3)cc2)cc1. The molecular weight excluding hydrogens is 348 g/mol. The lowest BCUT2D eigenvalue weighted by Gasteiger charge is -2.15. The predicted octanol–water partition coefficient (Wildman–Crippen LogP) is 3.10. The van der Waals surface area contributed by atoms with E-state index in [9.17, 15) is 9.59 Å². The van der Waals surface area contributed by atoms with Gasteiger partial charge in [-0.25, -0.2) is 0 Å². The van der Waals surface area contributed by atoms with Gasteiger partial charge < -0.3 is 19.8 Å². The van der Waals surface area contributed by atoms with E-state index in [2.05, 4.69) is 20.8 Å². The minimum Gasteiger partial charge on any atom is -0.481 e. The van der Waals surface area contributed by atoms with Crippen LogP contribution in [0.3, 0.4) is 0 Å². The van der Waals surface area contributed by atoms with Crippen LogP contribution in [0.1, 0.15) is 13.8 Å². The molecule has 3 rings (SSSR count). The fraction of sp³-hybridized carbons (Fsp3) is 0.158. The normalized spacial score (nSPS) is 11.5. The van der Waals surface area contributed by atoms with Gasteiger partial charge in [-0.3, -0.25) is 9.59 Å². The van der Waals surface area contributed by atoms with Crippen molar-refractivity contribution in [3.63, 3.8) is 0 Å². The second-order valence-electron chi connectivity index (χ2n) is 5.78. The van der Waals surface area contributed by atoms with E-state index in [1.165, 1.54) is 13.3 Å². The van der Waals surface area contributed by atoms with Gasteiger partial charge in [0, 0.05) is 23.9 Å². The Morgan fingerprint density at radius 3 is 2.19 bits per heavy atom. The van der Waals surface area contributed by atoms with Gasteiger partial charge in [0.1, 0.15) is 5.75 Å². The van der Waals surface area contributed by atoms with Crippen molar-refractivity contribution in [2.45, 2.75) is 20.0 Å². The smallest absolute Gasteiger partial charge is 0.265 e. The maximum atomic E-state index is 12.3. The average Bonchev–Trinajstić information content (AvgIpc) is 3.18. The van der Waals surface area contributed by atoms with Crippen molar-refractivity contribution in [1.82, 2.24) is 10.2 Å². The molecule has 0 aliphatic heterocycles. The molecule has 1 aromatic heterocycles. The zero-order valence-electron chi connectivity index (χ0n) is 14.8. The molecule has 27 heavy (non-hydrogen) atoms. The Labute approximate surface area is 155 Å². The van der Waals surface area contributed by atoms with Crippen LogP contribution in [0.15, 0.2) is 59.3 Å². The van der Waals surface area contributed by atoms with Crippen molar-refractivity contribution in [1.29, 1.82) is 0 Å². The van der Waals surface area contributed by atoms with Crippen LogP contribution >= 0.6 is 0 Å². The molecule has 1 heterocycles. The zero-order chi connectivity index (χ0) is 19.2. The number of carbonyl (C=O) groups excluding carboxylic acids is 2. The molecule has 0 saturated heterocycles. The summed E-state index contributed by atoms with van der Waals surface area (Å²) in [5.74, 6) is 0.513. The Kier molecular flexibility index (Phi) is 5.46. The molecule has 0 fully saturated rings. The summed E-state index contributed by atoms with van der Waals surface area (Å²) in [6.45, 7) is 3.09. The Morgan fingerprint density at radius 2 is 1.63 bits per heavy atom. The lowest BCUT2D eigenvalue weighted by atomic mass is 10.2. The highest BCUT2D eigenvalue weighted by Gasteiger charge is 2.15. The zero-order valence-corrected chi connectivity index (χ0v) is 14.8. The third-order valence-corrected chi connectivity index (χ3v) is 3.62. The number of carbonyl (C=O) groups is 2. The highest BCUT2D eigenvalue weighted by Crippen LogP contribution is 2.21. The molecule has 2 aromatic carbocycles. The van der Waals surface area contributed by atoms with Crippen LogP contribution in [0.5, 0.6) is 5.75 Å². The fourth-order valence-corrected chi connectivity index (χ4v) is 2.32. The molecule has 1 atom stereocenters. The van der Waals surface area contributed by atoms with E-state index in [4.69, 9.17) is 9.15 Å². The Morgan fingerprint density at radius 1 is 1.00 bits per heavy atom. The number of ether oxygens (including phenoxy) is 1. The summed E-state index contributed by atoms with van der Waals surface area (Å²) < 4.78 is 10.8. The van der Waals surface area contributed by atoms with Crippen LogP contribution < -0.4 is 15.4 Å². The minimum atomic E-state index is -0.700. The van der Waals surface area contributed by atoms with Crippen LogP contribution in [0, 0.1) is 0 Å². The summed E-state index contributed by atoms with van der Waals surface area (Å²) in [6.07, 6.45) is 0.559. The molecule has 0 unspecified atom stereocenters. The fourth-order valence-electron chi connectivity index (χ4n) is 2.32. The van der Waals surface area contributed by atoms with Gasteiger partial charge in [0.15, 0.2) is 6.10 Å². The third kappa shape index (κ3) is 4.91. The maximum absolute atomic E-state index is 12.3. The van der Waals surface area contributed by atoms with Gasteiger partial charge in [0.05, 0.1) is 0 Å². The van der Waals surface area contributed by atoms with E-state index in [0.717, 1.165) is 5.56 Å². The van der Waals surface area contributed by atoms with Crippen molar-refractivity contribution in [3.05, 3.63) is 54.9 Å². The molecule has 0 aliphatic rings. The molecule has 8 nitrogen and oxygen atoms in total. The first-order chi connectivity index (χ1) is 13.0. The largest absolute Gasteiger partial charge is 0.481 e. The monoisotopic (exact) mass is 366 g/mol. The minimum absolute atomic E-state index is 0.154. The van der Waals surface area contributed by atoms with Crippen molar-refractivity contribution < 1.29 is 18.7 Å². The number of amides is 2. The Balaban J connectivity index is 1.56. The number of nitrogens with one attached hydrogen (secondary N) is 2. The molecule has 8 heteroatoms. The summed E-state index contributed by atoms with van der Waals surface area (Å²) in [4.78, 5) is 23.3. The van der Waals surface area contributed by atoms with Crippen LogP contribution in [0.2, 0.25) is 0 Å². The van der Waals surface area contributed by atoms with Crippen molar-refractivity contribution in [2.75, 3.05) is 10.6 Å². The highest BCUT2D eigenvalue weighted by molar-refractivity contribution is 5.94. The van der Waals surface area contributed by atoms with Gasteiger partial charge in [-0.05, 0) is 55.5 Å². The van der Waals surface area contributed by atoms with Gasteiger partial charge in [0.25, 0.3) is 5.91 Å². The lowest BCUT2D eigenvalue weighted by Crippen LogP contribution is -2.30. The second kappa shape index (κ2) is 8.13. The van der Waals surface area contributed by atoms with Crippen molar-refractivity contribution in [3.8, 4) is 17.2 Å². The molecule has 0 radical (unpaired) electrons. The van der Waals surface area contributed by atoms with Crippen molar-refractivity contribution >= 4 is 23.2 Å². The topological polar surface area (TPSA) is 106 Å². The number of rotatable bonds is 6. The van der Waals surface area contributed by atoms with E-state index in [-0.39, 0.29) is 11.8 Å². The van der Waals surface area contributed by atoms with E-state index in [1.54, 1.807) is 55.5 Å². The van der Waals surface area contributed by atoms with Crippen LogP contribution in [-0.4, -0.2) is 28.1 Å². The van der Waals surface area contributed by atoms with Gasteiger partial charge in [0.2, 0.25) is 18.2 Å². The number of hydrogen-bond donors (Lipinski definition) is 2. The molecule has 138 valence electrons. The Hall–Kier alpha value is -3.68. The molecule has 0 spiro atoms. The summed E-state index contributed by atoms with van der Waals surface area (Å²) in [6, 6.07) is 13.8. The van der Waals surface area contributed by atoms with Gasteiger partial charge in [-0.2, -0.15) is 0 Å². The van der Waals surface area contributed by atoms with Crippen LogP contribution in [0.4, 0.5) is 11.4 Å². The number of nitrogens with zero attached hydrogens (tertiary/aromatic N) is 2. The summed E-state index contributed by atoms with van der Waals surface area (Å²) >= 11 is 0. The number of hydrogen-bond acceptors (Lipinski definition) is 6. The summed E-state index contributed by atoms with van der Waals surface area (Å²) in [7, 11) is 0. The third-order valence-electron chi connectivity index (χ3n) is 3.62. The quantitative estimate of drug-likeness (QED) is 0.694. The molecule has 0 aliphatic carbocycles. The van der Waals surface area contributed by atoms with Crippen molar-refractivity contribution in [2.24, 2.45) is 0 Å². The molecular formula is C19H18N4O4. The van der Waals surface area contributed by atoms with Crippen LogP contribution in [0.25, 0.3) is 11.5 Å². The van der Waals surface area contributed by atoms with Gasteiger partial charge >= 0.3 is 0 Å². The van der Waals surface area contributed by atoms with E-state index in [0.29, 0.717) is 23.0 Å². The molecule has 2 N–H and O–H groups in total. The van der Waals surface area contributed by atoms with Gasteiger partial charge in [-0.1, -0.05) is 0 Å². The number of anilines is 2. The van der Waals surface area contributed by atoms with E-state index < -0.39 is 6.10 Å². The first-order valence-corrected chi connectivity index (χ1v) is 8.23. The van der Waals surface area contributed by atoms with E-state index in [1.807, 2.05) is 0 Å². The highest BCUT2D eigenvalue weighted by atomic mass is 16.5. The molecule has 0 bridgehead atoms. The molecule has 2 amide bonds. The number of aromatic nitrogens is 2. The lowest BCUT2D eigenvalue weighted by molar-refractivity contribution is -0.122. The number of benzene rings is 2. The standard InChI is InChI=1S/C19H18N4O4/c1-12(18(25)22-16-7-5-15(6-8-16)21-13(2)24)27-17-9-3-14(4-10-17)19-23-20-11-26-19/h3-12H,1-2H3,(H,21,24)(H,22,25)/t12-/m1/s1. The first-order valence-electron chi connectivity index (χ1n) is 8.23. The Bertz CT molecular complexity index is 906. The summed E-state index contributed by atoms with van der Waals surface area (Å²) in [5, 5.41) is 12.9. The average molecular weight is 366 g/mol. The molecule has 3 aromatic rings. The maximum Gasteiger partial charge on any atom is 0.265 e. The van der Waals surface area contributed by atoms with Crippen LogP contribution in [-0.2, 0) is 9.59 Å². The van der Waals surface area contributed by atoms with E-state index >= 15 is 0 Å². The van der Waals surface area contributed by atoms with Gasteiger partial charge in [-0.15, -0.1) is 10.2 Å². The predicted molar refractivity (Wildman–Crippen MR) is 99.2 cm³/mol. The summed E-state index contributed by atoms with van der Waals surface area (Å²) in [5.41, 5.74) is 2.03. The first kappa shape index (κ1) is 18.1.